The molecule has 0 unspecified atom stereocenters. The Balaban J connectivity index is 1.04. The number of aromatic hydroxyl groups is 2. The number of benzene rings is 6. The molecule has 288 valence electrons. The van der Waals surface area contributed by atoms with Gasteiger partial charge in [-0.15, -0.1) is 0 Å². The van der Waals surface area contributed by atoms with Gasteiger partial charge in [-0.3, -0.25) is 29.0 Å². The maximum absolute atomic E-state index is 13.1. The number of phenolic OH excluding ortho intramolecular Hbond substituents is 2. The lowest BCUT2D eigenvalue weighted by molar-refractivity contribution is 0.0616. The van der Waals surface area contributed by atoms with Crippen LogP contribution in [-0.4, -0.2) is 69.9 Å². The van der Waals surface area contributed by atoms with Crippen molar-refractivity contribution in [3.8, 4) is 23.0 Å². The van der Waals surface area contributed by atoms with Crippen LogP contribution in [0.25, 0.3) is 0 Å². The summed E-state index contributed by atoms with van der Waals surface area (Å²) in [4.78, 5) is 54.8. The molecule has 0 saturated carbocycles. The minimum absolute atomic E-state index is 0.0396. The van der Waals surface area contributed by atoms with Crippen LogP contribution in [0.15, 0.2) is 121 Å². The number of ether oxygens (including phenoxy) is 2. The minimum Gasteiger partial charge on any atom is -0.507 e. The summed E-state index contributed by atoms with van der Waals surface area (Å²) < 4.78 is 13.0. The molecule has 0 saturated heterocycles. The maximum Gasteiger partial charge on any atom is 0.261 e. The lowest BCUT2D eigenvalue weighted by atomic mass is 9.91. The van der Waals surface area contributed by atoms with Gasteiger partial charge in [0.05, 0.1) is 35.3 Å². The number of carbonyl (C=O) groups is 4. The van der Waals surface area contributed by atoms with Crippen molar-refractivity contribution in [2.75, 3.05) is 26.3 Å². The third kappa shape index (κ3) is 6.52. The second kappa shape index (κ2) is 15.0. The fourth-order valence-electron chi connectivity index (χ4n) is 8.25. The third-order valence-electron chi connectivity index (χ3n) is 11.2. The number of imide groups is 2. The molecule has 0 atom stereocenters. The van der Waals surface area contributed by atoms with Crippen LogP contribution in [0.2, 0.25) is 0 Å². The molecule has 2 heterocycles. The van der Waals surface area contributed by atoms with Gasteiger partial charge in [-0.05, 0) is 68.8 Å². The number of para-hydroxylation sites is 4. The smallest absolute Gasteiger partial charge is 0.261 e. The van der Waals surface area contributed by atoms with Crippen LogP contribution in [0.1, 0.15) is 85.9 Å². The molecule has 6 aromatic carbocycles. The zero-order valence-corrected chi connectivity index (χ0v) is 31.4. The number of hydrogen-bond donors (Lipinski definition) is 2. The van der Waals surface area contributed by atoms with Crippen LogP contribution >= 0.6 is 0 Å². The second-order valence-electron chi connectivity index (χ2n) is 14.7. The number of fused-ring (bicyclic) bond motifs is 10. The molecule has 4 amide bonds. The summed E-state index contributed by atoms with van der Waals surface area (Å²) in [5.74, 6) is -0.0656. The Hall–Kier alpha value is -7.20. The first kappa shape index (κ1) is 36.4. The van der Waals surface area contributed by atoms with Crippen LogP contribution in [0, 0.1) is 0 Å². The van der Waals surface area contributed by atoms with E-state index in [1.807, 2.05) is 72.8 Å². The molecular weight excluding hydrogens is 733 g/mol. The van der Waals surface area contributed by atoms with E-state index >= 15 is 0 Å². The van der Waals surface area contributed by atoms with E-state index in [9.17, 15) is 29.4 Å². The van der Waals surface area contributed by atoms with Crippen molar-refractivity contribution in [3.63, 3.8) is 0 Å². The van der Waals surface area contributed by atoms with Crippen molar-refractivity contribution in [3.05, 3.63) is 188 Å². The van der Waals surface area contributed by atoms with Gasteiger partial charge in [0.15, 0.2) is 0 Å². The van der Waals surface area contributed by atoms with Gasteiger partial charge in [-0.2, -0.15) is 0 Å². The molecule has 0 spiro atoms. The van der Waals surface area contributed by atoms with E-state index in [4.69, 9.17) is 9.47 Å². The summed E-state index contributed by atoms with van der Waals surface area (Å²) in [7, 11) is 0. The van der Waals surface area contributed by atoms with E-state index < -0.39 is 0 Å². The monoisotopic (exact) mass is 770 g/mol. The Bertz CT molecular complexity index is 2330. The van der Waals surface area contributed by atoms with Gasteiger partial charge < -0.3 is 19.7 Å². The molecule has 1 aliphatic carbocycles. The van der Waals surface area contributed by atoms with Gasteiger partial charge in [0.1, 0.15) is 36.2 Å². The Labute approximate surface area is 334 Å². The SMILES string of the molecule is O=C1c2ccccc2C(=O)N1CCOc1c2cccc1Cc1cccc(c1O)Cc1cccc(c1OCCN1C(=O)c3ccccc3C1=O)Cc1cccc(c1O)C2. The second-order valence-corrected chi connectivity index (χ2v) is 14.7. The Kier molecular flexibility index (Phi) is 9.45. The maximum atomic E-state index is 13.1. The number of rotatable bonds is 8. The fraction of sp³-hybridized carbons (Fsp3) is 0.167. The quantitative estimate of drug-likeness (QED) is 0.156. The van der Waals surface area contributed by atoms with E-state index in [0.29, 0.717) is 81.7 Å². The summed E-state index contributed by atoms with van der Waals surface area (Å²) in [6, 6.07) is 36.3. The van der Waals surface area contributed by atoms with Gasteiger partial charge >= 0.3 is 0 Å². The minimum atomic E-state index is -0.358. The Morgan fingerprint density at radius 3 is 0.914 bits per heavy atom. The highest BCUT2D eigenvalue weighted by atomic mass is 16.5. The molecule has 0 aromatic heterocycles. The van der Waals surface area contributed by atoms with Gasteiger partial charge in [0.25, 0.3) is 23.6 Å². The molecule has 10 heteroatoms. The van der Waals surface area contributed by atoms with Crippen LogP contribution < -0.4 is 9.47 Å². The molecule has 0 radical (unpaired) electrons. The van der Waals surface area contributed by atoms with E-state index in [1.54, 1.807) is 48.5 Å². The Morgan fingerprint density at radius 1 is 0.379 bits per heavy atom. The standard InChI is InChI=1S/C48H38N2O8/c51-41-29-9-5-11-31(41)27-35-15-8-16-36(44(35)58-24-22-50-47(55)39-19-3-4-20-40(39)48(50)56)28-32-12-6-10-30(42(32)52)26-34-14-7-13-33(25-29)43(34)57-23-21-49-45(53)37-17-1-2-18-38(37)46(49)54/h1-20,51-52H,21-28H2. The number of hydrogen-bond acceptors (Lipinski definition) is 8. The van der Waals surface area contributed by atoms with Crippen LogP contribution in [0.5, 0.6) is 23.0 Å². The summed E-state index contributed by atoms with van der Waals surface area (Å²) in [6.07, 6.45) is 1.24. The number of nitrogens with zero attached hydrogens (tertiary/aromatic N) is 2. The summed E-state index contributed by atoms with van der Waals surface area (Å²) >= 11 is 0. The first-order chi connectivity index (χ1) is 28.3. The number of phenols is 2. The molecular formula is C48H38N2O8. The van der Waals surface area contributed by atoms with Gasteiger partial charge in [0, 0.05) is 25.7 Å². The molecule has 9 rings (SSSR count). The number of amides is 4. The lowest BCUT2D eigenvalue weighted by Crippen LogP contribution is -2.33. The molecule has 10 nitrogen and oxygen atoms in total. The summed E-state index contributed by atoms with van der Waals surface area (Å²) in [6.45, 7) is 0.167. The first-order valence-corrected chi connectivity index (χ1v) is 19.2. The average Bonchev–Trinajstić information content (AvgIpc) is 3.62. The van der Waals surface area contributed by atoms with Crippen LogP contribution in [0.3, 0.4) is 0 Å². The molecule has 3 aliphatic rings. The fourth-order valence-corrected chi connectivity index (χ4v) is 8.25. The predicted octanol–water partition coefficient (Wildman–Crippen LogP) is 7.12. The predicted molar refractivity (Wildman–Crippen MR) is 215 cm³/mol. The zero-order chi connectivity index (χ0) is 39.9. The molecule has 2 N–H and O–H groups in total. The van der Waals surface area contributed by atoms with Gasteiger partial charge in [0.2, 0.25) is 0 Å². The van der Waals surface area contributed by atoms with Crippen molar-refractivity contribution in [2.45, 2.75) is 25.7 Å². The lowest BCUT2D eigenvalue weighted by Gasteiger charge is -2.21. The van der Waals surface area contributed by atoms with Crippen LogP contribution in [0.4, 0.5) is 0 Å². The van der Waals surface area contributed by atoms with E-state index in [2.05, 4.69) is 0 Å². The molecule has 58 heavy (non-hydrogen) atoms. The highest BCUT2D eigenvalue weighted by Gasteiger charge is 2.36. The summed E-state index contributed by atoms with van der Waals surface area (Å²) in [5.41, 5.74) is 7.31. The van der Waals surface area contributed by atoms with Crippen molar-refractivity contribution in [1.29, 1.82) is 0 Å². The zero-order valence-electron chi connectivity index (χ0n) is 31.4. The van der Waals surface area contributed by atoms with E-state index in [1.165, 1.54) is 9.80 Å². The topological polar surface area (TPSA) is 134 Å². The van der Waals surface area contributed by atoms with Crippen molar-refractivity contribution in [2.24, 2.45) is 0 Å². The third-order valence-corrected chi connectivity index (χ3v) is 11.2. The van der Waals surface area contributed by atoms with Crippen LogP contribution in [-0.2, 0) is 25.7 Å². The molecule has 2 aliphatic heterocycles. The van der Waals surface area contributed by atoms with Crippen molar-refractivity contribution < 1.29 is 38.9 Å². The summed E-state index contributed by atoms with van der Waals surface area (Å²) in [5, 5.41) is 23.6. The molecule has 6 aromatic rings. The van der Waals surface area contributed by atoms with E-state index in [0.717, 1.165) is 22.3 Å². The largest absolute Gasteiger partial charge is 0.507 e. The average molecular weight is 771 g/mol. The highest BCUT2D eigenvalue weighted by Crippen LogP contribution is 2.38. The van der Waals surface area contributed by atoms with Gasteiger partial charge in [-0.1, -0.05) is 97.1 Å². The highest BCUT2D eigenvalue weighted by molar-refractivity contribution is 6.22. The number of carbonyl (C=O) groups excluding carboxylic acids is 4. The normalized spacial score (nSPS) is 14.4. The Morgan fingerprint density at radius 2 is 0.638 bits per heavy atom. The molecule has 0 fully saturated rings. The van der Waals surface area contributed by atoms with Crippen molar-refractivity contribution in [1.82, 2.24) is 9.80 Å². The van der Waals surface area contributed by atoms with Gasteiger partial charge in [-0.25, -0.2) is 0 Å². The first-order valence-electron chi connectivity index (χ1n) is 19.2. The molecule has 8 bridgehead atoms. The van der Waals surface area contributed by atoms with Crippen molar-refractivity contribution >= 4 is 23.6 Å². The van der Waals surface area contributed by atoms with E-state index in [-0.39, 0.29) is 61.4 Å².